The Kier molecular flexibility index (Phi) is 9.18. The van der Waals surface area contributed by atoms with E-state index in [0.29, 0.717) is 22.6 Å². The summed E-state index contributed by atoms with van der Waals surface area (Å²) in [5, 5.41) is 19.4. The Balaban J connectivity index is 2.43. The van der Waals surface area contributed by atoms with E-state index in [4.69, 9.17) is 14.2 Å². The number of carbonyl (C=O) groups is 3. The summed E-state index contributed by atoms with van der Waals surface area (Å²) in [7, 11) is 0. The number of allylic oxidation sites excluding steroid dienone is 1. The van der Waals surface area contributed by atoms with E-state index in [9.17, 15) is 24.8 Å². The van der Waals surface area contributed by atoms with E-state index >= 15 is 0 Å². The summed E-state index contributed by atoms with van der Waals surface area (Å²) in [5.74, 6) is -1.60. The second kappa shape index (κ2) is 11.8. The molecule has 1 heterocycles. The summed E-state index contributed by atoms with van der Waals surface area (Å²) >= 11 is 0.976. The molecule has 33 heavy (non-hydrogen) atoms. The van der Waals surface area contributed by atoms with Crippen LogP contribution in [0.1, 0.15) is 56.8 Å². The van der Waals surface area contributed by atoms with Crippen LogP contribution in [-0.2, 0) is 20.7 Å². The van der Waals surface area contributed by atoms with Crippen molar-refractivity contribution in [2.45, 2.75) is 34.1 Å². The highest BCUT2D eigenvalue weighted by Gasteiger charge is 2.28. The van der Waals surface area contributed by atoms with Crippen molar-refractivity contribution in [2.75, 3.05) is 19.8 Å². The molecule has 2 rings (SSSR count). The van der Waals surface area contributed by atoms with E-state index < -0.39 is 17.7 Å². The van der Waals surface area contributed by atoms with Crippen LogP contribution in [0.2, 0.25) is 0 Å². The molecule has 174 valence electrons. The minimum atomic E-state index is -0.646. The second-order valence-electron chi connectivity index (χ2n) is 6.73. The highest BCUT2D eigenvalue weighted by atomic mass is 32.1. The molecule has 1 N–H and O–H groups in total. The van der Waals surface area contributed by atoms with Gasteiger partial charge in [-0.05, 0) is 57.0 Å². The maximum absolute atomic E-state index is 12.9. The third-order valence-corrected chi connectivity index (χ3v) is 5.77. The maximum Gasteiger partial charge on any atom is 0.348 e. The number of carbonyl (C=O) groups excluding carboxylic acids is 3. The Morgan fingerprint density at radius 1 is 1.09 bits per heavy atom. The van der Waals surface area contributed by atoms with Crippen LogP contribution in [0, 0.1) is 18.3 Å². The minimum Gasteiger partial charge on any atom is -0.504 e. The summed E-state index contributed by atoms with van der Waals surface area (Å²) in [6.07, 6.45) is 1.11. The number of ether oxygens (including phenoxy) is 3. The van der Waals surface area contributed by atoms with Gasteiger partial charge in [-0.15, -0.1) is 11.3 Å². The van der Waals surface area contributed by atoms with Gasteiger partial charge in [-0.25, -0.2) is 9.59 Å². The lowest BCUT2D eigenvalue weighted by atomic mass is 10.0. The summed E-state index contributed by atoms with van der Waals surface area (Å²) in [6, 6.07) is 6.34. The lowest BCUT2D eigenvalue weighted by molar-refractivity contribution is -0.114. The first-order valence-electron chi connectivity index (χ1n) is 10.3. The van der Waals surface area contributed by atoms with E-state index in [1.54, 1.807) is 33.8 Å². The monoisotopic (exact) mass is 471 g/mol. The normalized spacial score (nSPS) is 10.9. The molecule has 0 amide bonds. The van der Waals surface area contributed by atoms with E-state index in [1.165, 1.54) is 18.2 Å². The Morgan fingerprint density at radius 2 is 1.76 bits per heavy atom. The number of Topliss-reactive ketones (excluding diaryl/α,β-unsaturated/α-hetero) is 1. The lowest BCUT2D eigenvalue weighted by Crippen LogP contribution is -2.12. The van der Waals surface area contributed by atoms with Crippen LogP contribution in [0.15, 0.2) is 23.8 Å². The van der Waals surface area contributed by atoms with Crippen LogP contribution in [-0.4, -0.2) is 42.6 Å². The Morgan fingerprint density at radius 3 is 2.36 bits per heavy atom. The number of nitriles is 1. The Labute approximate surface area is 196 Å². The maximum atomic E-state index is 12.9. The van der Waals surface area contributed by atoms with Gasteiger partial charge in [-0.3, -0.25) is 4.79 Å². The number of hydrogen-bond acceptors (Lipinski definition) is 9. The summed E-state index contributed by atoms with van der Waals surface area (Å²) in [4.78, 5) is 38.3. The van der Waals surface area contributed by atoms with Crippen LogP contribution in [0.4, 0.5) is 0 Å². The van der Waals surface area contributed by atoms with Crippen LogP contribution in [0.5, 0.6) is 11.5 Å². The third-order valence-electron chi connectivity index (χ3n) is 4.50. The largest absolute Gasteiger partial charge is 0.504 e. The van der Waals surface area contributed by atoms with Gasteiger partial charge >= 0.3 is 11.9 Å². The van der Waals surface area contributed by atoms with E-state index in [2.05, 4.69) is 0 Å². The zero-order chi connectivity index (χ0) is 24.5. The SMILES string of the molecule is CCOC(=O)c1sc(CC(=O)/C(C#N)=C/c2ccc(O)c(OCC)c2)c(C(=O)OCC)c1C. The predicted molar refractivity (Wildman–Crippen MR) is 123 cm³/mol. The predicted octanol–water partition coefficient (Wildman–Crippen LogP) is 4.23. The highest BCUT2D eigenvalue weighted by Crippen LogP contribution is 2.32. The second-order valence-corrected chi connectivity index (χ2v) is 7.83. The van der Waals surface area contributed by atoms with Gasteiger partial charge in [0.1, 0.15) is 10.9 Å². The number of nitrogens with zero attached hydrogens (tertiary/aromatic N) is 1. The van der Waals surface area contributed by atoms with Crippen molar-refractivity contribution in [3.05, 3.63) is 50.2 Å². The molecule has 2 aromatic rings. The van der Waals surface area contributed by atoms with Gasteiger partial charge in [-0.1, -0.05) is 6.07 Å². The zero-order valence-electron chi connectivity index (χ0n) is 18.9. The number of phenolic OH excluding ortho intramolecular Hbond substituents is 1. The van der Waals surface area contributed by atoms with Gasteiger partial charge in [-0.2, -0.15) is 5.26 Å². The number of thiophene rings is 1. The first-order chi connectivity index (χ1) is 15.8. The molecule has 0 atom stereocenters. The summed E-state index contributed by atoms with van der Waals surface area (Å²) < 4.78 is 15.5. The summed E-state index contributed by atoms with van der Waals surface area (Å²) in [6.45, 7) is 7.31. The molecule has 0 unspecified atom stereocenters. The molecular formula is C24H25NO7S. The fraction of sp³-hybridized carbons (Fsp3) is 0.333. The van der Waals surface area contributed by atoms with Crippen LogP contribution in [0.3, 0.4) is 0 Å². The van der Waals surface area contributed by atoms with Crippen molar-refractivity contribution in [2.24, 2.45) is 0 Å². The highest BCUT2D eigenvalue weighted by molar-refractivity contribution is 7.14. The topological polar surface area (TPSA) is 123 Å². The van der Waals surface area contributed by atoms with Gasteiger partial charge in [0.2, 0.25) is 0 Å². The van der Waals surface area contributed by atoms with Crippen molar-refractivity contribution in [3.63, 3.8) is 0 Å². The average molecular weight is 472 g/mol. The Hall–Kier alpha value is -3.64. The average Bonchev–Trinajstić information content (AvgIpc) is 3.10. The van der Waals surface area contributed by atoms with Gasteiger partial charge in [0.25, 0.3) is 0 Å². The van der Waals surface area contributed by atoms with Gasteiger partial charge in [0.15, 0.2) is 17.3 Å². The molecule has 0 bridgehead atoms. The summed E-state index contributed by atoms with van der Waals surface area (Å²) in [5.41, 5.74) is 0.851. The van der Waals surface area contributed by atoms with Gasteiger partial charge in [0.05, 0.1) is 31.0 Å². The molecule has 1 aromatic heterocycles. The number of phenols is 1. The smallest absolute Gasteiger partial charge is 0.348 e. The molecule has 0 aliphatic rings. The van der Waals surface area contributed by atoms with Crippen molar-refractivity contribution in [3.8, 4) is 17.6 Å². The van der Waals surface area contributed by atoms with Gasteiger partial charge < -0.3 is 19.3 Å². The van der Waals surface area contributed by atoms with E-state index in [0.717, 1.165) is 11.3 Å². The molecule has 9 heteroatoms. The van der Waals surface area contributed by atoms with Crippen molar-refractivity contribution >= 4 is 35.1 Å². The minimum absolute atomic E-state index is 0.0570. The zero-order valence-corrected chi connectivity index (χ0v) is 19.7. The number of ketones is 1. The molecule has 0 spiro atoms. The standard InChI is InChI=1S/C24H25NO7S/c1-5-30-19-11-15(8-9-17(19)26)10-16(13-25)18(27)12-20-21(23(28)31-6-2)14(4)22(33-20)24(29)32-7-3/h8-11,26H,5-7,12H2,1-4H3/b16-10+. The number of rotatable bonds is 10. The van der Waals surface area contributed by atoms with Crippen molar-refractivity contribution in [1.82, 2.24) is 0 Å². The van der Waals surface area contributed by atoms with Crippen molar-refractivity contribution in [1.29, 1.82) is 5.26 Å². The molecule has 1 aromatic carbocycles. The molecule has 0 saturated heterocycles. The number of aromatic hydroxyl groups is 1. The lowest BCUT2D eigenvalue weighted by Gasteiger charge is -2.07. The first kappa shape index (κ1) is 25.6. The number of hydrogen-bond donors (Lipinski definition) is 1. The first-order valence-corrected chi connectivity index (χ1v) is 11.2. The number of benzene rings is 1. The van der Waals surface area contributed by atoms with E-state index in [1.807, 2.05) is 6.07 Å². The van der Waals surface area contributed by atoms with Gasteiger partial charge in [0, 0.05) is 11.3 Å². The van der Waals surface area contributed by atoms with E-state index in [-0.39, 0.29) is 47.1 Å². The molecule has 0 saturated carbocycles. The van der Waals surface area contributed by atoms with Crippen molar-refractivity contribution < 1.29 is 33.7 Å². The molecular weight excluding hydrogens is 446 g/mol. The van der Waals surface area contributed by atoms with Crippen LogP contribution < -0.4 is 4.74 Å². The molecule has 0 aliphatic carbocycles. The molecule has 0 fully saturated rings. The fourth-order valence-corrected chi connectivity index (χ4v) is 4.22. The number of esters is 2. The molecule has 8 nitrogen and oxygen atoms in total. The fourth-order valence-electron chi connectivity index (χ4n) is 3.03. The van der Waals surface area contributed by atoms with Crippen LogP contribution in [0.25, 0.3) is 6.08 Å². The molecule has 0 radical (unpaired) electrons. The Bertz CT molecular complexity index is 1120. The molecule has 0 aliphatic heterocycles. The third kappa shape index (κ3) is 6.20. The quantitative estimate of drug-likeness (QED) is 0.310. The van der Waals surface area contributed by atoms with Crippen LogP contribution >= 0.6 is 11.3 Å².